The highest BCUT2D eigenvalue weighted by molar-refractivity contribution is 8.03. The van der Waals surface area contributed by atoms with Crippen LogP contribution in [0.1, 0.15) is 65.7 Å². The molecular formula is C11H28OP2. The number of hydrogen-bond acceptors (Lipinski definition) is 0. The largest absolute Gasteiger partial charge is 0.412 e. The van der Waals surface area contributed by atoms with Crippen LogP contribution in [0.2, 0.25) is 0 Å². The summed E-state index contributed by atoms with van der Waals surface area (Å²) in [6, 6.07) is 0. The van der Waals surface area contributed by atoms with Gasteiger partial charge in [0.25, 0.3) is 0 Å². The molecular weight excluding hydrogens is 210 g/mol. The lowest BCUT2D eigenvalue weighted by Gasteiger charge is -2.32. The monoisotopic (exact) mass is 238 g/mol. The molecule has 0 saturated heterocycles. The summed E-state index contributed by atoms with van der Waals surface area (Å²) in [5.41, 5.74) is 0. The van der Waals surface area contributed by atoms with Crippen molar-refractivity contribution in [2.45, 2.75) is 70.9 Å². The maximum absolute atomic E-state index is 2.99. The highest BCUT2D eigenvalue weighted by Gasteiger charge is 2.25. The van der Waals surface area contributed by atoms with E-state index in [0.717, 1.165) is 8.27 Å². The Hall–Kier alpha value is 0.820. The molecule has 3 heteroatoms. The van der Waals surface area contributed by atoms with Crippen molar-refractivity contribution in [2.75, 3.05) is 0 Å². The van der Waals surface area contributed by atoms with Crippen molar-refractivity contribution in [1.82, 2.24) is 0 Å². The minimum atomic E-state index is 0. The van der Waals surface area contributed by atoms with Gasteiger partial charge in [0, 0.05) is 0 Å². The van der Waals surface area contributed by atoms with Crippen molar-refractivity contribution in [1.29, 1.82) is 0 Å². The number of unbranched alkanes of at least 4 members (excludes halogenated alkanes) is 1. The Morgan fingerprint density at radius 1 is 0.929 bits per heavy atom. The fraction of sp³-hybridized carbons (Fsp3) is 1.00. The third-order valence-electron chi connectivity index (χ3n) is 2.77. The van der Waals surface area contributed by atoms with Gasteiger partial charge in [-0.05, 0) is 24.4 Å². The van der Waals surface area contributed by atoms with Crippen molar-refractivity contribution >= 4 is 17.2 Å². The predicted molar refractivity (Wildman–Crippen MR) is 73.7 cm³/mol. The first kappa shape index (κ1) is 17.2. The van der Waals surface area contributed by atoms with Crippen LogP contribution >= 0.6 is 17.2 Å². The Morgan fingerprint density at radius 2 is 1.43 bits per heavy atom. The molecule has 0 aliphatic heterocycles. The van der Waals surface area contributed by atoms with Crippen molar-refractivity contribution in [3.63, 3.8) is 0 Å². The Bertz CT molecular complexity index is 112. The predicted octanol–water partition coefficient (Wildman–Crippen LogP) is 4.16. The van der Waals surface area contributed by atoms with Gasteiger partial charge < -0.3 is 5.48 Å². The second kappa shape index (κ2) is 10.3. The molecule has 0 amide bonds. The molecule has 2 N–H and O–H groups in total. The van der Waals surface area contributed by atoms with Crippen LogP contribution in [0.3, 0.4) is 0 Å². The summed E-state index contributed by atoms with van der Waals surface area (Å²) in [4.78, 5) is 0. The van der Waals surface area contributed by atoms with Crippen LogP contribution in [0, 0.1) is 0 Å². The minimum absolute atomic E-state index is 0. The fourth-order valence-electron chi connectivity index (χ4n) is 2.06. The summed E-state index contributed by atoms with van der Waals surface area (Å²) in [7, 11) is 4.05. The minimum Gasteiger partial charge on any atom is -0.412 e. The van der Waals surface area contributed by atoms with Gasteiger partial charge in [0.1, 0.15) is 0 Å². The van der Waals surface area contributed by atoms with Crippen molar-refractivity contribution < 1.29 is 5.48 Å². The molecule has 0 aromatic rings. The molecule has 0 rings (SSSR count). The summed E-state index contributed by atoms with van der Waals surface area (Å²) in [6.07, 6.45) is 9.79. The van der Waals surface area contributed by atoms with E-state index in [0.29, 0.717) is 5.16 Å². The molecule has 0 aliphatic rings. The van der Waals surface area contributed by atoms with E-state index in [1.807, 2.05) is 0 Å². The lowest BCUT2D eigenvalue weighted by atomic mass is 9.91. The number of rotatable bonds is 8. The topological polar surface area (TPSA) is 31.5 Å². The van der Waals surface area contributed by atoms with Crippen LogP contribution in [0.5, 0.6) is 0 Å². The van der Waals surface area contributed by atoms with Crippen LogP contribution in [-0.4, -0.2) is 10.6 Å². The zero-order valence-corrected chi connectivity index (χ0v) is 12.2. The molecule has 1 nitrogen and oxygen atoms in total. The Labute approximate surface area is 94.0 Å². The van der Waals surface area contributed by atoms with Gasteiger partial charge in [0.15, 0.2) is 0 Å². The summed E-state index contributed by atoms with van der Waals surface area (Å²) >= 11 is 0. The van der Waals surface area contributed by atoms with Crippen LogP contribution in [0.4, 0.5) is 0 Å². The summed E-state index contributed by atoms with van der Waals surface area (Å²) in [5, 5.41) is 0.685. The van der Waals surface area contributed by atoms with Crippen molar-refractivity contribution in [3.8, 4) is 0 Å². The quantitative estimate of drug-likeness (QED) is 0.569. The molecule has 2 atom stereocenters. The molecule has 0 aliphatic carbocycles. The van der Waals surface area contributed by atoms with Gasteiger partial charge in [0.05, 0.1) is 0 Å². The van der Waals surface area contributed by atoms with Gasteiger partial charge in [0.2, 0.25) is 0 Å². The normalized spacial score (nSPS) is 12.0. The number of hydrogen-bond donors (Lipinski definition) is 0. The molecule has 0 heterocycles. The van der Waals surface area contributed by atoms with Gasteiger partial charge in [-0.25, -0.2) is 0 Å². The van der Waals surface area contributed by atoms with Gasteiger partial charge in [-0.15, -0.1) is 8.93 Å². The molecule has 88 valence electrons. The van der Waals surface area contributed by atoms with Gasteiger partial charge >= 0.3 is 0 Å². The third kappa shape index (κ3) is 6.33. The lowest BCUT2D eigenvalue weighted by molar-refractivity contribution is 0.441. The molecule has 0 fully saturated rings. The summed E-state index contributed by atoms with van der Waals surface area (Å²) in [5.74, 6) is 0. The van der Waals surface area contributed by atoms with E-state index in [4.69, 9.17) is 0 Å². The van der Waals surface area contributed by atoms with Crippen LogP contribution < -0.4 is 0 Å². The Morgan fingerprint density at radius 3 is 1.71 bits per heavy atom. The first-order valence-electron chi connectivity index (χ1n) is 5.72. The maximum atomic E-state index is 2.99. The summed E-state index contributed by atoms with van der Waals surface area (Å²) < 4.78 is 0. The van der Waals surface area contributed by atoms with Crippen molar-refractivity contribution in [3.05, 3.63) is 0 Å². The zero-order valence-electron chi connectivity index (χ0n) is 10.0. The highest BCUT2D eigenvalue weighted by Crippen LogP contribution is 2.48. The first-order valence-corrected chi connectivity index (χ1v) is 8.53. The Kier molecular flexibility index (Phi) is 12.7. The first-order chi connectivity index (χ1) is 6.24. The van der Waals surface area contributed by atoms with Gasteiger partial charge in [-0.3, -0.25) is 0 Å². The molecule has 0 aromatic carbocycles. The lowest BCUT2D eigenvalue weighted by Crippen LogP contribution is -2.21. The molecule has 0 aromatic heterocycles. The third-order valence-corrected chi connectivity index (χ3v) is 5.97. The molecule has 0 radical (unpaired) electrons. The average Bonchev–Trinajstić information content (AvgIpc) is 2.15. The van der Waals surface area contributed by atoms with Gasteiger partial charge in [-0.1, -0.05) is 54.7 Å². The van der Waals surface area contributed by atoms with E-state index in [1.54, 1.807) is 0 Å². The van der Waals surface area contributed by atoms with Gasteiger partial charge in [-0.2, -0.15) is 0 Å². The van der Waals surface area contributed by atoms with Crippen LogP contribution in [0.25, 0.3) is 0 Å². The fourth-order valence-corrected chi connectivity index (χ4v) is 4.47. The molecule has 0 saturated carbocycles. The van der Waals surface area contributed by atoms with E-state index in [9.17, 15) is 0 Å². The average molecular weight is 238 g/mol. The van der Waals surface area contributed by atoms with Crippen LogP contribution in [0.15, 0.2) is 0 Å². The maximum Gasteiger partial charge on any atom is -0.00879 e. The molecule has 0 spiro atoms. The van der Waals surface area contributed by atoms with Crippen molar-refractivity contribution in [2.24, 2.45) is 0 Å². The SMILES string of the molecule is CCCCC(CCC)(CCC)PP.O. The van der Waals surface area contributed by atoms with E-state index in [2.05, 4.69) is 29.7 Å². The Balaban J connectivity index is 0. The van der Waals surface area contributed by atoms with E-state index in [-0.39, 0.29) is 5.48 Å². The summed E-state index contributed by atoms with van der Waals surface area (Å²) in [6.45, 7) is 6.94. The zero-order chi connectivity index (χ0) is 10.2. The standard InChI is InChI=1S/C11H26P2.H2O/c1-4-7-10-11(13-12,8-5-2)9-6-3;/h13H,4-10,12H2,1-3H3;1H2. The highest BCUT2D eigenvalue weighted by atomic mass is 32.0. The van der Waals surface area contributed by atoms with E-state index in [1.165, 1.54) is 44.9 Å². The molecule has 14 heavy (non-hydrogen) atoms. The smallest absolute Gasteiger partial charge is 0.00879 e. The molecule has 2 unspecified atom stereocenters. The molecule has 0 bridgehead atoms. The van der Waals surface area contributed by atoms with E-state index < -0.39 is 0 Å². The van der Waals surface area contributed by atoms with Crippen LogP contribution in [-0.2, 0) is 0 Å². The second-order valence-corrected chi connectivity index (χ2v) is 6.24. The van der Waals surface area contributed by atoms with E-state index >= 15 is 0 Å². The second-order valence-electron chi connectivity index (χ2n) is 4.03.